The minimum atomic E-state index is 0.312. The Labute approximate surface area is 137 Å². The number of nitrogens with zero attached hydrogens (tertiary/aromatic N) is 3. The Kier molecular flexibility index (Phi) is 8.40. The molecule has 130 valence electrons. The highest BCUT2D eigenvalue weighted by Crippen LogP contribution is 2.19. The quantitative estimate of drug-likeness (QED) is 0.689. The molecule has 1 saturated heterocycles. The average Bonchev–Trinajstić information content (AvgIpc) is 2.45. The van der Waals surface area contributed by atoms with E-state index in [-0.39, 0.29) is 0 Å². The zero-order valence-corrected chi connectivity index (χ0v) is 15.5. The minimum absolute atomic E-state index is 0.312. The molecule has 1 amide bonds. The molecule has 4 nitrogen and oxygen atoms in total. The third-order valence-electron chi connectivity index (χ3n) is 4.34. The summed E-state index contributed by atoms with van der Waals surface area (Å²) in [6.07, 6.45) is 3.34. The fourth-order valence-electron chi connectivity index (χ4n) is 2.86. The van der Waals surface area contributed by atoms with Crippen LogP contribution in [-0.2, 0) is 4.79 Å². The monoisotopic (exact) mass is 311 g/mol. The van der Waals surface area contributed by atoms with Gasteiger partial charge in [-0.05, 0) is 31.2 Å². The van der Waals surface area contributed by atoms with E-state index < -0.39 is 0 Å². The molecule has 22 heavy (non-hydrogen) atoms. The van der Waals surface area contributed by atoms with Crippen LogP contribution in [0.1, 0.15) is 53.9 Å². The van der Waals surface area contributed by atoms with Crippen molar-refractivity contribution in [3.05, 3.63) is 0 Å². The summed E-state index contributed by atoms with van der Waals surface area (Å²) in [5, 5.41) is 0. The van der Waals surface area contributed by atoms with Crippen LogP contribution in [0.2, 0.25) is 0 Å². The molecule has 0 aliphatic carbocycles. The van der Waals surface area contributed by atoms with Crippen LogP contribution < -0.4 is 0 Å². The van der Waals surface area contributed by atoms with Crippen molar-refractivity contribution < 1.29 is 4.79 Å². The fraction of sp³-hybridized carbons (Fsp3) is 0.944. The molecule has 1 rings (SSSR count). The van der Waals surface area contributed by atoms with Crippen LogP contribution >= 0.6 is 0 Å². The molecular formula is C18H37N3O. The lowest BCUT2D eigenvalue weighted by atomic mass is 9.92. The van der Waals surface area contributed by atoms with Crippen molar-refractivity contribution in [3.63, 3.8) is 0 Å². The largest absolute Gasteiger partial charge is 0.342 e. The summed E-state index contributed by atoms with van der Waals surface area (Å²) in [6.45, 7) is 19.0. The summed E-state index contributed by atoms with van der Waals surface area (Å²) in [6, 6.07) is 0. The van der Waals surface area contributed by atoms with Gasteiger partial charge in [-0.2, -0.15) is 0 Å². The summed E-state index contributed by atoms with van der Waals surface area (Å²) in [5.74, 6) is 0.312. The molecule has 1 fully saturated rings. The molecule has 1 aliphatic heterocycles. The van der Waals surface area contributed by atoms with Crippen LogP contribution in [0.3, 0.4) is 0 Å². The summed E-state index contributed by atoms with van der Waals surface area (Å²) in [4.78, 5) is 19.3. The number of hydrogen-bond acceptors (Lipinski definition) is 3. The smallest absolute Gasteiger partial charge is 0.236 e. The van der Waals surface area contributed by atoms with Crippen molar-refractivity contribution in [1.82, 2.24) is 14.7 Å². The third kappa shape index (κ3) is 7.59. The van der Waals surface area contributed by atoms with Crippen LogP contribution in [0.5, 0.6) is 0 Å². The lowest BCUT2D eigenvalue weighted by Gasteiger charge is -2.36. The Morgan fingerprint density at radius 3 is 1.91 bits per heavy atom. The predicted molar refractivity (Wildman–Crippen MR) is 94.1 cm³/mol. The van der Waals surface area contributed by atoms with Gasteiger partial charge < -0.3 is 9.80 Å². The third-order valence-corrected chi connectivity index (χ3v) is 4.34. The van der Waals surface area contributed by atoms with E-state index in [0.29, 0.717) is 17.9 Å². The van der Waals surface area contributed by atoms with Gasteiger partial charge in [-0.3, -0.25) is 9.69 Å². The van der Waals surface area contributed by atoms with Crippen molar-refractivity contribution >= 4 is 5.91 Å². The van der Waals surface area contributed by atoms with Crippen LogP contribution in [0, 0.1) is 5.41 Å². The van der Waals surface area contributed by atoms with Gasteiger partial charge in [-0.15, -0.1) is 0 Å². The van der Waals surface area contributed by atoms with Gasteiger partial charge in [-0.1, -0.05) is 34.6 Å². The summed E-state index contributed by atoms with van der Waals surface area (Å²) in [7, 11) is 0. The van der Waals surface area contributed by atoms with Crippen molar-refractivity contribution in [2.24, 2.45) is 5.41 Å². The van der Waals surface area contributed by atoms with E-state index in [4.69, 9.17) is 0 Å². The van der Waals surface area contributed by atoms with Crippen molar-refractivity contribution in [2.75, 3.05) is 52.4 Å². The molecule has 0 atom stereocenters. The molecule has 0 radical (unpaired) electrons. The molecule has 1 heterocycles. The molecule has 0 saturated carbocycles. The van der Waals surface area contributed by atoms with E-state index >= 15 is 0 Å². The molecule has 0 aromatic rings. The maximum atomic E-state index is 12.4. The lowest BCUT2D eigenvalue weighted by Crippen LogP contribution is -2.50. The molecule has 1 aliphatic rings. The van der Waals surface area contributed by atoms with Crippen LogP contribution in [-0.4, -0.2) is 73.0 Å². The first-order valence-electron chi connectivity index (χ1n) is 9.08. The number of amides is 1. The van der Waals surface area contributed by atoms with Crippen LogP contribution in [0.15, 0.2) is 0 Å². The Morgan fingerprint density at radius 2 is 1.45 bits per heavy atom. The zero-order valence-electron chi connectivity index (χ0n) is 15.5. The number of piperazine rings is 1. The number of rotatable bonds is 8. The highest BCUT2D eigenvalue weighted by Gasteiger charge is 2.22. The SMILES string of the molecule is CCCN(CCC)C(=O)CN1CCN(CCC(C)(C)C)CC1. The maximum absolute atomic E-state index is 12.4. The molecule has 0 aromatic heterocycles. The second kappa shape index (κ2) is 9.51. The second-order valence-electron chi connectivity index (χ2n) is 7.81. The van der Waals surface area contributed by atoms with E-state index in [0.717, 1.165) is 52.1 Å². The van der Waals surface area contributed by atoms with Crippen LogP contribution in [0.25, 0.3) is 0 Å². The first-order chi connectivity index (χ1) is 10.4. The second-order valence-corrected chi connectivity index (χ2v) is 7.81. The fourth-order valence-corrected chi connectivity index (χ4v) is 2.86. The molecule has 0 N–H and O–H groups in total. The summed E-state index contributed by atoms with van der Waals surface area (Å²) in [5.41, 5.74) is 0.411. The lowest BCUT2D eigenvalue weighted by molar-refractivity contribution is -0.133. The van der Waals surface area contributed by atoms with E-state index in [9.17, 15) is 4.79 Å². The minimum Gasteiger partial charge on any atom is -0.342 e. The maximum Gasteiger partial charge on any atom is 0.236 e. The first-order valence-corrected chi connectivity index (χ1v) is 9.08. The Balaban J connectivity index is 2.30. The van der Waals surface area contributed by atoms with Gasteiger partial charge in [0.1, 0.15) is 0 Å². The van der Waals surface area contributed by atoms with Gasteiger partial charge >= 0.3 is 0 Å². The number of carbonyl (C=O) groups is 1. The van der Waals surface area contributed by atoms with Gasteiger partial charge in [0.25, 0.3) is 0 Å². The Hall–Kier alpha value is -0.610. The van der Waals surface area contributed by atoms with Gasteiger partial charge in [0.05, 0.1) is 6.54 Å². The van der Waals surface area contributed by atoms with E-state index in [1.165, 1.54) is 13.0 Å². The average molecular weight is 312 g/mol. The Morgan fingerprint density at radius 1 is 0.955 bits per heavy atom. The highest BCUT2D eigenvalue weighted by molar-refractivity contribution is 5.78. The normalized spacial score (nSPS) is 17.7. The molecule has 0 aromatic carbocycles. The number of carbonyl (C=O) groups excluding carboxylic acids is 1. The number of hydrogen-bond donors (Lipinski definition) is 0. The van der Waals surface area contributed by atoms with Gasteiger partial charge in [-0.25, -0.2) is 0 Å². The molecule has 0 bridgehead atoms. The van der Waals surface area contributed by atoms with Crippen molar-refractivity contribution in [2.45, 2.75) is 53.9 Å². The van der Waals surface area contributed by atoms with Crippen molar-refractivity contribution in [3.8, 4) is 0 Å². The molecular weight excluding hydrogens is 274 g/mol. The zero-order chi connectivity index (χ0) is 16.6. The summed E-state index contributed by atoms with van der Waals surface area (Å²) >= 11 is 0. The molecule has 0 spiro atoms. The van der Waals surface area contributed by atoms with Gasteiger partial charge in [0, 0.05) is 39.3 Å². The summed E-state index contributed by atoms with van der Waals surface area (Å²) < 4.78 is 0. The molecule has 0 unspecified atom stereocenters. The predicted octanol–water partition coefficient (Wildman–Crippen LogP) is 2.69. The van der Waals surface area contributed by atoms with Crippen LogP contribution in [0.4, 0.5) is 0 Å². The van der Waals surface area contributed by atoms with E-state index in [1.807, 2.05) is 4.90 Å². The molecule has 4 heteroatoms. The first kappa shape index (κ1) is 19.4. The van der Waals surface area contributed by atoms with E-state index in [1.54, 1.807) is 0 Å². The topological polar surface area (TPSA) is 26.8 Å². The van der Waals surface area contributed by atoms with Gasteiger partial charge in [0.15, 0.2) is 0 Å². The standard InChI is InChI=1S/C18H37N3O/c1-6-9-21(10-7-2)17(22)16-20-14-12-19(13-15-20)11-8-18(3,4)5/h6-16H2,1-5H3. The van der Waals surface area contributed by atoms with Crippen molar-refractivity contribution in [1.29, 1.82) is 0 Å². The Bertz CT molecular complexity index is 311. The van der Waals surface area contributed by atoms with E-state index in [2.05, 4.69) is 44.4 Å². The van der Waals surface area contributed by atoms with Gasteiger partial charge in [0.2, 0.25) is 5.91 Å². The highest BCUT2D eigenvalue weighted by atomic mass is 16.2.